The lowest BCUT2D eigenvalue weighted by Crippen LogP contribution is -2.11. The number of alkyl halides is 6. The van der Waals surface area contributed by atoms with Gasteiger partial charge in [0.1, 0.15) is 0 Å². The zero-order valence-electron chi connectivity index (χ0n) is 12.8. The molecule has 22 heavy (non-hydrogen) atoms. The van der Waals surface area contributed by atoms with Crippen LogP contribution in [0.4, 0.5) is 26.3 Å². The highest BCUT2D eigenvalue weighted by Crippen LogP contribution is 2.36. The minimum Gasteiger partial charge on any atom is -0.166 e. The molecule has 0 aliphatic rings. The normalized spacial score (nSPS) is 10.6. The van der Waals surface area contributed by atoms with E-state index in [1.54, 1.807) is 6.08 Å². The van der Waals surface area contributed by atoms with Crippen molar-refractivity contribution in [2.75, 3.05) is 0 Å². The summed E-state index contributed by atoms with van der Waals surface area (Å²) < 4.78 is 74.3. The smallest absolute Gasteiger partial charge is 0.166 e. The van der Waals surface area contributed by atoms with Crippen LogP contribution in [0.5, 0.6) is 0 Å². The maximum Gasteiger partial charge on any atom is 0.416 e. The number of allylic oxidation sites excluding steroid dienone is 2. The summed E-state index contributed by atoms with van der Waals surface area (Å²) in [4.78, 5) is 0. The molecule has 1 rings (SSSR count). The van der Waals surface area contributed by atoms with Gasteiger partial charge in [-0.05, 0) is 37.1 Å². The largest absolute Gasteiger partial charge is 0.416 e. The Morgan fingerprint density at radius 2 is 1.18 bits per heavy atom. The van der Waals surface area contributed by atoms with E-state index in [4.69, 9.17) is 0 Å². The van der Waals surface area contributed by atoms with Crippen LogP contribution in [0.25, 0.3) is 0 Å². The van der Waals surface area contributed by atoms with Crippen LogP contribution in [0.1, 0.15) is 37.5 Å². The van der Waals surface area contributed by atoms with Crippen molar-refractivity contribution in [3.63, 3.8) is 0 Å². The van der Waals surface area contributed by atoms with Crippen molar-refractivity contribution in [1.29, 1.82) is 0 Å². The van der Waals surface area contributed by atoms with E-state index in [1.807, 2.05) is 20.8 Å². The molecule has 0 nitrogen and oxygen atoms in total. The van der Waals surface area contributed by atoms with Gasteiger partial charge in [-0.15, -0.1) is 13.2 Å². The Morgan fingerprint density at radius 1 is 0.864 bits per heavy atom. The highest BCUT2D eigenvalue weighted by Gasteiger charge is 2.36. The zero-order chi connectivity index (χ0) is 18.0. The lowest BCUT2D eigenvalue weighted by molar-refractivity contribution is -0.143. The molecule has 0 aliphatic heterocycles. The third-order valence-corrected chi connectivity index (χ3v) is 2.03. The van der Waals surface area contributed by atoms with Gasteiger partial charge >= 0.3 is 12.4 Å². The molecule has 6 heteroatoms. The summed E-state index contributed by atoms with van der Waals surface area (Å²) in [5.74, 6) is 0. The van der Waals surface area contributed by atoms with Crippen LogP contribution < -0.4 is 0 Å². The van der Waals surface area contributed by atoms with Gasteiger partial charge in [0, 0.05) is 0 Å². The molecule has 0 fully saturated rings. The lowest BCUT2D eigenvalue weighted by Gasteiger charge is -2.13. The van der Waals surface area contributed by atoms with Crippen molar-refractivity contribution in [3.8, 4) is 0 Å². The molecule has 0 unspecified atom stereocenters. The Bertz CT molecular complexity index is 422. The van der Waals surface area contributed by atoms with E-state index in [0.717, 1.165) is 0 Å². The van der Waals surface area contributed by atoms with E-state index >= 15 is 0 Å². The summed E-state index contributed by atoms with van der Waals surface area (Å²) in [7, 11) is 0. The summed E-state index contributed by atoms with van der Waals surface area (Å²) in [5.41, 5.74) is -2.67. The van der Waals surface area contributed by atoms with Crippen molar-refractivity contribution in [1.82, 2.24) is 0 Å². The molecule has 0 saturated heterocycles. The average molecular weight is 326 g/mol. The van der Waals surface area contributed by atoms with Gasteiger partial charge < -0.3 is 0 Å². The number of halogens is 6. The number of rotatable bonds is 2. The predicted molar refractivity (Wildman–Crippen MR) is 77.6 cm³/mol. The molecule has 0 amide bonds. The van der Waals surface area contributed by atoms with Gasteiger partial charge in [0.05, 0.1) is 11.1 Å². The first-order valence-electron chi connectivity index (χ1n) is 6.52. The monoisotopic (exact) mass is 326 g/mol. The standard InChI is InChI=1S/C11H8F6.C3H6.C2H6/c1-2-3-7-4-8(10(12,13)14)6-9(5-7)11(15,16)17;1-3-2;1-2/h2,4-6H,1,3H2;3H,1H2,2H3;1-2H3. The van der Waals surface area contributed by atoms with Crippen LogP contribution in [-0.4, -0.2) is 0 Å². The molecule has 1 aromatic rings. The van der Waals surface area contributed by atoms with Crippen molar-refractivity contribution >= 4 is 0 Å². The van der Waals surface area contributed by atoms with E-state index in [9.17, 15) is 26.3 Å². The zero-order valence-corrected chi connectivity index (χ0v) is 12.8. The van der Waals surface area contributed by atoms with Crippen LogP contribution in [0, 0.1) is 0 Å². The molecule has 0 atom stereocenters. The molecular formula is C16H20F6. The fourth-order valence-electron chi connectivity index (χ4n) is 1.30. The number of hydrogen-bond donors (Lipinski definition) is 0. The SMILES string of the molecule is C=CC.C=CCc1cc(C(F)(F)F)cc(C(F)(F)F)c1.CC. The van der Waals surface area contributed by atoms with Crippen LogP contribution in [-0.2, 0) is 18.8 Å². The maximum absolute atomic E-state index is 12.4. The van der Waals surface area contributed by atoms with E-state index in [1.165, 1.54) is 6.08 Å². The minimum absolute atomic E-state index is 0.0486. The molecular weight excluding hydrogens is 306 g/mol. The molecule has 0 bridgehead atoms. The van der Waals surface area contributed by atoms with Crippen LogP contribution in [0.3, 0.4) is 0 Å². The van der Waals surface area contributed by atoms with Gasteiger partial charge in [-0.3, -0.25) is 0 Å². The molecule has 126 valence electrons. The Balaban J connectivity index is 0. The Hall–Kier alpha value is -1.72. The molecule has 0 radical (unpaired) electrons. The first-order chi connectivity index (χ1) is 10.1. The minimum atomic E-state index is -4.79. The Kier molecular flexibility index (Phi) is 10.3. The number of benzene rings is 1. The summed E-state index contributed by atoms with van der Waals surface area (Å²) in [6.07, 6.45) is -6.64. The highest BCUT2D eigenvalue weighted by atomic mass is 19.4. The topological polar surface area (TPSA) is 0 Å². The van der Waals surface area contributed by atoms with Crippen molar-refractivity contribution in [2.45, 2.75) is 39.5 Å². The van der Waals surface area contributed by atoms with E-state index in [0.29, 0.717) is 12.1 Å². The molecule has 0 heterocycles. The van der Waals surface area contributed by atoms with E-state index < -0.39 is 23.5 Å². The van der Waals surface area contributed by atoms with Gasteiger partial charge in [-0.25, -0.2) is 0 Å². The molecule has 0 spiro atoms. The van der Waals surface area contributed by atoms with Gasteiger partial charge in [0.2, 0.25) is 0 Å². The summed E-state index contributed by atoms with van der Waals surface area (Å²) in [5, 5.41) is 0. The average Bonchev–Trinajstić information content (AvgIpc) is 2.40. The highest BCUT2D eigenvalue weighted by molar-refractivity contribution is 5.34. The van der Waals surface area contributed by atoms with Crippen molar-refractivity contribution in [3.05, 3.63) is 60.2 Å². The maximum atomic E-state index is 12.4. The van der Waals surface area contributed by atoms with Gasteiger partial charge in [0.25, 0.3) is 0 Å². The molecule has 0 aliphatic carbocycles. The predicted octanol–water partition coefficient (Wildman–Crippen LogP) is 6.67. The van der Waals surface area contributed by atoms with Crippen LogP contribution in [0.15, 0.2) is 43.5 Å². The third-order valence-electron chi connectivity index (χ3n) is 2.03. The fraction of sp³-hybridized carbons (Fsp3) is 0.375. The number of hydrogen-bond acceptors (Lipinski definition) is 0. The van der Waals surface area contributed by atoms with Crippen LogP contribution >= 0.6 is 0 Å². The van der Waals surface area contributed by atoms with E-state index in [2.05, 4.69) is 13.2 Å². The van der Waals surface area contributed by atoms with Gasteiger partial charge in [-0.1, -0.05) is 26.0 Å². The Morgan fingerprint density at radius 3 is 1.41 bits per heavy atom. The third kappa shape index (κ3) is 8.54. The Labute approximate surface area is 127 Å². The molecule has 0 aromatic heterocycles. The van der Waals surface area contributed by atoms with Crippen molar-refractivity contribution < 1.29 is 26.3 Å². The van der Waals surface area contributed by atoms with Crippen LogP contribution in [0.2, 0.25) is 0 Å². The van der Waals surface area contributed by atoms with Gasteiger partial charge in [-0.2, -0.15) is 26.3 Å². The summed E-state index contributed by atoms with van der Waals surface area (Å²) in [6.45, 7) is 12.5. The molecule has 0 N–H and O–H groups in total. The first kappa shape index (κ1) is 22.6. The molecule has 0 saturated carbocycles. The lowest BCUT2D eigenvalue weighted by atomic mass is 10.0. The second-order valence-electron chi connectivity index (χ2n) is 3.82. The quantitative estimate of drug-likeness (QED) is 0.420. The first-order valence-corrected chi connectivity index (χ1v) is 6.52. The summed E-state index contributed by atoms with van der Waals surface area (Å²) in [6, 6.07) is 1.49. The van der Waals surface area contributed by atoms with Gasteiger partial charge in [0.15, 0.2) is 0 Å². The summed E-state index contributed by atoms with van der Waals surface area (Å²) >= 11 is 0. The second kappa shape index (κ2) is 10.1. The molecule has 1 aromatic carbocycles. The second-order valence-corrected chi connectivity index (χ2v) is 3.82. The van der Waals surface area contributed by atoms with E-state index in [-0.39, 0.29) is 18.1 Å². The van der Waals surface area contributed by atoms with Crippen molar-refractivity contribution in [2.24, 2.45) is 0 Å². The fourth-order valence-corrected chi connectivity index (χ4v) is 1.30.